The molecule has 0 heterocycles. The van der Waals surface area contributed by atoms with Gasteiger partial charge in [-0.25, -0.2) is 0 Å². The van der Waals surface area contributed by atoms with E-state index in [9.17, 15) is 5.11 Å². The second kappa shape index (κ2) is 5.71. The summed E-state index contributed by atoms with van der Waals surface area (Å²) in [5, 5.41) is 10.8. The van der Waals surface area contributed by atoms with Gasteiger partial charge in [0.25, 0.3) is 0 Å². The maximum atomic E-state index is 10.8. The number of rotatable bonds is 2. The third kappa shape index (κ3) is 2.82. The van der Waals surface area contributed by atoms with Crippen LogP contribution in [0.4, 0.5) is 0 Å². The highest BCUT2D eigenvalue weighted by atomic mass is 79.9. The zero-order valence-corrected chi connectivity index (χ0v) is 14.3. The number of hydrogen-bond donors (Lipinski definition) is 1. The van der Waals surface area contributed by atoms with Gasteiger partial charge in [0.15, 0.2) is 0 Å². The minimum atomic E-state index is -0.567. The molecule has 1 unspecified atom stereocenters. The molecule has 0 aromatic heterocycles. The largest absolute Gasteiger partial charge is 0.384 e. The lowest BCUT2D eigenvalue weighted by molar-refractivity contribution is 0.218. The van der Waals surface area contributed by atoms with Gasteiger partial charge in [-0.3, -0.25) is 0 Å². The Kier molecular flexibility index (Phi) is 4.36. The van der Waals surface area contributed by atoms with Crippen LogP contribution in [-0.2, 0) is 0 Å². The van der Waals surface area contributed by atoms with Crippen LogP contribution in [-0.4, -0.2) is 5.11 Å². The number of benzene rings is 2. The van der Waals surface area contributed by atoms with Crippen molar-refractivity contribution in [3.05, 3.63) is 67.7 Å². The average Bonchev–Trinajstić information content (AvgIpc) is 2.32. The fourth-order valence-electron chi connectivity index (χ4n) is 2.88. The first-order valence-corrected chi connectivity index (χ1v) is 7.63. The van der Waals surface area contributed by atoms with Gasteiger partial charge in [-0.15, -0.1) is 0 Å². The van der Waals surface area contributed by atoms with Crippen LogP contribution in [0.1, 0.15) is 45.0 Å². The summed E-state index contributed by atoms with van der Waals surface area (Å²) in [7, 11) is 0. The molecule has 0 radical (unpaired) electrons. The molecular weight excluding hydrogens is 312 g/mol. The molecule has 0 amide bonds. The quantitative estimate of drug-likeness (QED) is 0.813. The van der Waals surface area contributed by atoms with Gasteiger partial charge in [-0.1, -0.05) is 39.7 Å². The lowest BCUT2D eigenvalue weighted by Gasteiger charge is -2.20. The van der Waals surface area contributed by atoms with E-state index in [1.807, 2.05) is 6.92 Å². The van der Waals surface area contributed by atoms with E-state index < -0.39 is 6.10 Å². The Hall–Kier alpha value is -1.12. The smallest absolute Gasteiger partial charge is 0.105 e. The highest BCUT2D eigenvalue weighted by molar-refractivity contribution is 9.10. The van der Waals surface area contributed by atoms with Crippen LogP contribution >= 0.6 is 15.9 Å². The summed E-state index contributed by atoms with van der Waals surface area (Å²) in [6, 6.07) is 8.41. The van der Waals surface area contributed by atoms with Crippen molar-refractivity contribution in [2.45, 2.75) is 40.7 Å². The first-order chi connectivity index (χ1) is 9.31. The Morgan fingerprint density at radius 3 is 1.90 bits per heavy atom. The number of aliphatic hydroxyl groups is 1. The average molecular weight is 333 g/mol. The molecule has 0 bridgehead atoms. The molecule has 2 rings (SSSR count). The van der Waals surface area contributed by atoms with Crippen molar-refractivity contribution in [2.24, 2.45) is 0 Å². The molecular formula is C18H21BrO. The molecule has 1 atom stereocenters. The highest BCUT2D eigenvalue weighted by Crippen LogP contribution is 2.32. The zero-order valence-electron chi connectivity index (χ0n) is 12.7. The van der Waals surface area contributed by atoms with E-state index >= 15 is 0 Å². The van der Waals surface area contributed by atoms with E-state index in [4.69, 9.17) is 0 Å². The second-order valence-electron chi connectivity index (χ2n) is 5.67. The molecule has 1 nitrogen and oxygen atoms in total. The minimum Gasteiger partial charge on any atom is -0.384 e. The SMILES string of the molecule is Cc1cc(C)c(C(O)c2cc(C)c(Br)cc2C)c(C)c1. The van der Waals surface area contributed by atoms with Crippen molar-refractivity contribution in [3.63, 3.8) is 0 Å². The van der Waals surface area contributed by atoms with E-state index in [2.05, 4.69) is 67.9 Å². The number of halogens is 1. The number of aliphatic hydroxyl groups excluding tert-OH is 1. The van der Waals surface area contributed by atoms with Crippen molar-refractivity contribution in [3.8, 4) is 0 Å². The Labute approximate surface area is 129 Å². The molecule has 0 saturated carbocycles. The van der Waals surface area contributed by atoms with Gasteiger partial charge in [0.05, 0.1) is 0 Å². The molecule has 2 aromatic carbocycles. The van der Waals surface area contributed by atoms with Crippen LogP contribution in [0, 0.1) is 34.6 Å². The molecule has 106 valence electrons. The summed E-state index contributed by atoms with van der Waals surface area (Å²) in [5.74, 6) is 0. The van der Waals surface area contributed by atoms with Gasteiger partial charge in [0.1, 0.15) is 6.10 Å². The van der Waals surface area contributed by atoms with Gasteiger partial charge in [-0.2, -0.15) is 0 Å². The molecule has 20 heavy (non-hydrogen) atoms. The Morgan fingerprint density at radius 1 is 0.800 bits per heavy atom. The van der Waals surface area contributed by atoms with Gasteiger partial charge in [0, 0.05) is 4.47 Å². The normalized spacial score (nSPS) is 12.6. The summed E-state index contributed by atoms with van der Waals surface area (Å²) in [6.07, 6.45) is -0.567. The van der Waals surface area contributed by atoms with Crippen LogP contribution in [0.15, 0.2) is 28.7 Å². The highest BCUT2D eigenvalue weighted by Gasteiger charge is 2.18. The van der Waals surface area contributed by atoms with Crippen molar-refractivity contribution in [2.75, 3.05) is 0 Å². The lowest BCUT2D eigenvalue weighted by atomic mass is 9.89. The molecule has 0 saturated heterocycles. The first kappa shape index (κ1) is 15.3. The van der Waals surface area contributed by atoms with Crippen LogP contribution < -0.4 is 0 Å². The van der Waals surface area contributed by atoms with E-state index in [-0.39, 0.29) is 0 Å². The topological polar surface area (TPSA) is 20.2 Å². The monoisotopic (exact) mass is 332 g/mol. The van der Waals surface area contributed by atoms with Crippen LogP contribution in [0.25, 0.3) is 0 Å². The van der Waals surface area contributed by atoms with E-state index in [0.717, 1.165) is 37.9 Å². The van der Waals surface area contributed by atoms with Crippen LogP contribution in [0.2, 0.25) is 0 Å². The standard InChI is InChI=1S/C18H21BrO/c1-10-6-13(4)17(14(5)7-10)18(20)15-8-12(3)16(19)9-11(15)2/h6-9,18,20H,1-5H3. The summed E-state index contributed by atoms with van der Waals surface area (Å²) in [5.41, 5.74) is 7.80. The maximum Gasteiger partial charge on any atom is 0.105 e. The summed E-state index contributed by atoms with van der Waals surface area (Å²) in [6.45, 7) is 10.3. The molecule has 1 N–H and O–H groups in total. The fourth-order valence-corrected chi connectivity index (χ4v) is 3.33. The van der Waals surface area contributed by atoms with Crippen LogP contribution in [0.3, 0.4) is 0 Å². The summed E-state index contributed by atoms with van der Waals surface area (Å²) in [4.78, 5) is 0. The Bertz CT molecular complexity index is 636. The molecule has 2 aromatic rings. The Balaban J connectivity index is 2.57. The maximum absolute atomic E-state index is 10.8. The molecule has 2 heteroatoms. The van der Waals surface area contributed by atoms with Gasteiger partial charge in [-0.05, 0) is 74.1 Å². The van der Waals surface area contributed by atoms with Crippen molar-refractivity contribution < 1.29 is 5.11 Å². The predicted molar refractivity (Wildman–Crippen MR) is 88.3 cm³/mol. The second-order valence-corrected chi connectivity index (χ2v) is 6.53. The predicted octanol–water partition coefficient (Wildman–Crippen LogP) is 5.07. The van der Waals surface area contributed by atoms with Gasteiger partial charge in [0.2, 0.25) is 0 Å². The molecule has 0 fully saturated rings. The molecule has 0 aliphatic carbocycles. The summed E-state index contributed by atoms with van der Waals surface area (Å²) < 4.78 is 1.09. The lowest BCUT2D eigenvalue weighted by Crippen LogP contribution is -2.07. The third-order valence-electron chi connectivity index (χ3n) is 3.85. The van der Waals surface area contributed by atoms with Crippen molar-refractivity contribution >= 4 is 15.9 Å². The van der Waals surface area contributed by atoms with Crippen molar-refractivity contribution in [1.29, 1.82) is 0 Å². The van der Waals surface area contributed by atoms with E-state index in [1.54, 1.807) is 0 Å². The third-order valence-corrected chi connectivity index (χ3v) is 4.71. The number of aryl methyl sites for hydroxylation is 5. The van der Waals surface area contributed by atoms with Gasteiger partial charge < -0.3 is 5.11 Å². The van der Waals surface area contributed by atoms with E-state index in [1.165, 1.54) is 5.56 Å². The molecule has 0 aliphatic heterocycles. The van der Waals surface area contributed by atoms with E-state index in [0.29, 0.717) is 0 Å². The minimum absolute atomic E-state index is 0.567. The Morgan fingerprint density at radius 2 is 1.35 bits per heavy atom. The van der Waals surface area contributed by atoms with Crippen LogP contribution in [0.5, 0.6) is 0 Å². The first-order valence-electron chi connectivity index (χ1n) is 6.83. The van der Waals surface area contributed by atoms with Crippen molar-refractivity contribution in [1.82, 2.24) is 0 Å². The molecule has 0 spiro atoms. The zero-order chi connectivity index (χ0) is 15.0. The number of hydrogen-bond acceptors (Lipinski definition) is 1. The summed E-state index contributed by atoms with van der Waals surface area (Å²) >= 11 is 3.54. The van der Waals surface area contributed by atoms with Gasteiger partial charge >= 0.3 is 0 Å². The fraction of sp³-hybridized carbons (Fsp3) is 0.333. The molecule has 0 aliphatic rings.